The number of likely N-dealkylation sites (N-methyl/N-ethyl adjacent to an activating group) is 1. The second-order valence-electron chi connectivity index (χ2n) is 8.57. The standard InChI is InChI=1S/C27H33NO3/c1-5-29-23-20-27(28(3)4,17-16-26(2)30-18-19-31-26)25(22-14-10-7-11-15-22)24(23)21-12-8-6-9-13-21/h6-15,20H,5,16-19H2,1-4H3. The number of allylic oxidation sites excluding steroid dienone is 1. The molecule has 0 aromatic heterocycles. The smallest absolute Gasteiger partial charge is 0.165 e. The van der Waals surface area contributed by atoms with E-state index in [1.807, 2.05) is 6.92 Å². The van der Waals surface area contributed by atoms with Gasteiger partial charge in [-0.2, -0.15) is 0 Å². The molecule has 1 saturated heterocycles. The van der Waals surface area contributed by atoms with Gasteiger partial charge in [-0.05, 0) is 57.1 Å². The van der Waals surface area contributed by atoms with E-state index in [-0.39, 0.29) is 5.54 Å². The minimum absolute atomic E-state index is 0.338. The lowest BCUT2D eigenvalue weighted by molar-refractivity contribution is -0.149. The summed E-state index contributed by atoms with van der Waals surface area (Å²) in [5.74, 6) is 0.402. The minimum atomic E-state index is -0.542. The molecule has 4 rings (SSSR count). The zero-order valence-corrected chi connectivity index (χ0v) is 19.1. The van der Waals surface area contributed by atoms with Crippen LogP contribution in [0.2, 0.25) is 0 Å². The lowest BCUT2D eigenvalue weighted by Gasteiger charge is -2.40. The van der Waals surface area contributed by atoms with Crippen LogP contribution in [0.5, 0.6) is 0 Å². The summed E-state index contributed by atoms with van der Waals surface area (Å²) >= 11 is 0. The highest BCUT2D eigenvalue weighted by atomic mass is 16.7. The summed E-state index contributed by atoms with van der Waals surface area (Å²) in [7, 11) is 4.30. The molecule has 2 aromatic carbocycles. The Labute approximate surface area is 186 Å². The molecule has 1 heterocycles. The second-order valence-corrected chi connectivity index (χ2v) is 8.57. The van der Waals surface area contributed by atoms with Gasteiger partial charge < -0.3 is 14.2 Å². The first-order chi connectivity index (χ1) is 15.0. The van der Waals surface area contributed by atoms with E-state index < -0.39 is 5.79 Å². The van der Waals surface area contributed by atoms with Crippen molar-refractivity contribution < 1.29 is 14.2 Å². The molecular formula is C27H33NO3. The molecule has 4 nitrogen and oxygen atoms in total. The molecule has 1 atom stereocenters. The fraction of sp³-hybridized carbons (Fsp3) is 0.407. The predicted octanol–water partition coefficient (Wildman–Crippen LogP) is 5.38. The van der Waals surface area contributed by atoms with Crippen molar-refractivity contribution in [3.8, 4) is 0 Å². The molecule has 1 unspecified atom stereocenters. The summed E-state index contributed by atoms with van der Waals surface area (Å²) in [6.45, 7) is 6.03. The van der Waals surface area contributed by atoms with Gasteiger partial charge in [0.15, 0.2) is 5.79 Å². The summed E-state index contributed by atoms with van der Waals surface area (Å²) in [5.41, 5.74) is 4.48. The molecule has 1 aliphatic heterocycles. The second kappa shape index (κ2) is 8.99. The number of ether oxygens (including phenoxy) is 3. The first kappa shape index (κ1) is 21.8. The Kier molecular flexibility index (Phi) is 6.33. The maximum atomic E-state index is 6.24. The Morgan fingerprint density at radius 3 is 2.00 bits per heavy atom. The lowest BCUT2D eigenvalue weighted by atomic mass is 9.79. The molecule has 2 aromatic rings. The number of nitrogens with zero attached hydrogens (tertiary/aromatic N) is 1. The van der Waals surface area contributed by atoms with Gasteiger partial charge in [-0.15, -0.1) is 0 Å². The third kappa shape index (κ3) is 4.20. The Balaban J connectivity index is 1.89. The third-order valence-electron chi connectivity index (χ3n) is 6.38. The highest BCUT2D eigenvalue weighted by Gasteiger charge is 2.46. The van der Waals surface area contributed by atoms with Gasteiger partial charge in [-0.3, -0.25) is 4.90 Å². The van der Waals surface area contributed by atoms with Crippen molar-refractivity contribution in [2.45, 2.75) is 38.0 Å². The Morgan fingerprint density at radius 1 is 0.871 bits per heavy atom. The van der Waals surface area contributed by atoms with Gasteiger partial charge in [0.25, 0.3) is 0 Å². The molecule has 0 amide bonds. The molecule has 164 valence electrons. The predicted molar refractivity (Wildman–Crippen MR) is 125 cm³/mol. The molecule has 1 fully saturated rings. The van der Waals surface area contributed by atoms with E-state index in [9.17, 15) is 0 Å². The summed E-state index contributed by atoms with van der Waals surface area (Å²) in [6, 6.07) is 21.2. The van der Waals surface area contributed by atoms with E-state index >= 15 is 0 Å². The van der Waals surface area contributed by atoms with Gasteiger partial charge in [0, 0.05) is 12.0 Å². The largest absolute Gasteiger partial charge is 0.493 e. The summed E-state index contributed by atoms with van der Waals surface area (Å²) in [4.78, 5) is 2.31. The first-order valence-electron chi connectivity index (χ1n) is 11.2. The maximum absolute atomic E-state index is 6.24. The van der Waals surface area contributed by atoms with E-state index in [2.05, 4.69) is 92.7 Å². The van der Waals surface area contributed by atoms with Gasteiger partial charge in [0.1, 0.15) is 5.76 Å². The molecule has 0 radical (unpaired) electrons. The van der Waals surface area contributed by atoms with Crippen molar-refractivity contribution in [1.29, 1.82) is 0 Å². The fourth-order valence-corrected chi connectivity index (χ4v) is 4.75. The van der Waals surface area contributed by atoms with Crippen molar-refractivity contribution in [2.24, 2.45) is 0 Å². The van der Waals surface area contributed by atoms with Crippen LogP contribution < -0.4 is 0 Å². The average Bonchev–Trinajstić information content (AvgIpc) is 3.36. The van der Waals surface area contributed by atoms with Crippen molar-refractivity contribution in [1.82, 2.24) is 4.90 Å². The van der Waals surface area contributed by atoms with Crippen molar-refractivity contribution in [3.05, 3.63) is 83.6 Å². The van der Waals surface area contributed by atoms with Crippen LogP contribution in [-0.2, 0) is 14.2 Å². The molecular weight excluding hydrogens is 386 g/mol. The highest BCUT2D eigenvalue weighted by molar-refractivity contribution is 6.05. The van der Waals surface area contributed by atoms with E-state index in [1.165, 1.54) is 22.3 Å². The van der Waals surface area contributed by atoms with Crippen molar-refractivity contribution >= 4 is 11.1 Å². The molecule has 31 heavy (non-hydrogen) atoms. The topological polar surface area (TPSA) is 30.9 Å². The van der Waals surface area contributed by atoms with Crippen LogP contribution in [0.1, 0.15) is 37.8 Å². The average molecular weight is 420 g/mol. The third-order valence-corrected chi connectivity index (χ3v) is 6.38. The zero-order valence-electron chi connectivity index (χ0n) is 19.1. The molecule has 2 aliphatic rings. The molecule has 0 bridgehead atoms. The molecule has 0 N–H and O–H groups in total. The van der Waals surface area contributed by atoms with E-state index in [0.717, 1.165) is 18.6 Å². The van der Waals surface area contributed by atoms with Crippen LogP contribution in [0.4, 0.5) is 0 Å². The van der Waals surface area contributed by atoms with Crippen molar-refractivity contribution in [2.75, 3.05) is 33.9 Å². The Bertz CT molecular complexity index is 943. The van der Waals surface area contributed by atoms with Gasteiger partial charge in [-0.25, -0.2) is 0 Å². The van der Waals surface area contributed by atoms with Crippen LogP contribution in [0.25, 0.3) is 11.1 Å². The zero-order chi connectivity index (χ0) is 21.9. The number of rotatable bonds is 8. The van der Waals surface area contributed by atoms with Crippen LogP contribution in [0.3, 0.4) is 0 Å². The Morgan fingerprint density at radius 2 is 1.45 bits per heavy atom. The number of benzene rings is 2. The Hall–Kier alpha value is -2.40. The van der Waals surface area contributed by atoms with Crippen LogP contribution >= 0.6 is 0 Å². The van der Waals surface area contributed by atoms with Gasteiger partial charge in [-0.1, -0.05) is 60.7 Å². The first-order valence-corrected chi connectivity index (χ1v) is 11.2. The van der Waals surface area contributed by atoms with Crippen LogP contribution in [-0.4, -0.2) is 50.1 Å². The minimum Gasteiger partial charge on any atom is -0.493 e. The molecule has 0 spiro atoms. The highest BCUT2D eigenvalue weighted by Crippen LogP contribution is 2.51. The van der Waals surface area contributed by atoms with E-state index in [1.54, 1.807) is 0 Å². The molecule has 0 saturated carbocycles. The monoisotopic (exact) mass is 419 g/mol. The normalized spacial score (nSPS) is 22.8. The van der Waals surface area contributed by atoms with Crippen molar-refractivity contribution in [3.63, 3.8) is 0 Å². The molecule has 4 heteroatoms. The van der Waals surface area contributed by atoms with Gasteiger partial charge >= 0.3 is 0 Å². The lowest BCUT2D eigenvalue weighted by Crippen LogP contribution is -2.44. The van der Waals surface area contributed by atoms with E-state index in [0.29, 0.717) is 19.8 Å². The summed E-state index contributed by atoms with van der Waals surface area (Å²) in [5, 5.41) is 0. The number of hydrogen-bond acceptors (Lipinski definition) is 4. The van der Waals surface area contributed by atoms with Crippen LogP contribution in [0.15, 0.2) is 72.5 Å². The van der Waals surface area contributed by atoms with E-state index in [4.69, 9.17) is 14.2 Å². The summed E-state index contributed by atoms with van der Waals surface area (Å²) < 4.78 is 18.1. The summed E-state index contributed by atoms with van der Waals surface area (Å²) in [6.07, 6.45) is 3.95. The fourth-order valence-electron chi connectivity index (χ4n) is 4.75. The van der Waals surface area contributed by atoms with Gasteiger partial charge in [0.05, 0.1) is 25.4 Å². The van der Waals surface area contributed by atoms with Gasteiger partial charge in [0.2, 0.25) is 0 Å². The van der Waals surface area contributed by atoms with Crippen LogP contribution in [0, 0.1) is 0 Å². The SMILES string of the molecule is CCOC1=CC(CCC2(C)OCCO2)(N(C)C)C(c2ccccc2)=C1c1ccccc1. The quantitative estimate of drug-likeness (QED) is 0.575. The molecule has 1 aliphatic carbocycles. The number of hydrogen-bond donors (Lipinski definition) is 0. The maximum Gasteiger partial charge on any atom is 0.165 e.